The van der Waals surface area contributed by atoms with Gasteiger partial charge < -0.3 is 4.90 Å². The predicted molar refractivity (Wildman–Crippen MR) is 87.1 cm³/mol. The van der Waals surface area contributed by atoms with E-state index < -0.39 is 0 Å². The Bertz CT molecular complexity index is 661. The van der Waals surface area contributed by atoms with Crippen LogP contribution in [0, 0.1) is 6.92 Å². The molecule has 6 heteroatoms. The number of carbonyl (C=O) groups is 1. The number of rotatable bonds is 3. The quantitative estimate of drug-likeness (QED) is 0.869. The van der Waals surface area contributed by atoms with Crippen LogP contribution in [0.25, 0.3) is 0 Å². The fraction of sp³-hybridized carbons (Fsp3) is 0.562. The summed E-state index contributed by atoms with van der Waals surface area (Å²) < 4.78 is 1.83. The van der Waals surface area contributed by atoms with Gasteiger partial charge in [0, 0.05) is 29.9 Å². The highest BCUT2D eigenvalue weighted by Gasteiger charge is 2.31. The van der Waals surface area contributed by atoms with Gasteiger partial charge in [-0.3, -0.25) is 9.48 Å². The summed E-state index contributed by atoms with van der Waals surface area (Å²) in [5.74, 6) is 0.0250. The van der Waals surface area contributed by atoms with Crippen molar-refractivity contribution in [3.05, 3.63) is 34.0 Å². The van der Waals surface area contributed by atoms with Gasteiger partial charge >= 0.3 is 0 Å². The molecule has 0 saturated carbocycles. The van der Waals surface area contributed by atoms with Gasteiger partial charge in [-0.1, -0.05) is 0 Å². The third-order valence-electron chi connectivity index (χ3n) is 4.04. The average Bonchev–Trinajstić information content (AvgIpc) is 3.15. The van der Waals surface area contributed by atoms with E-state index in [0.717, 1.165) is 36.5 Å². The van der Waals surface area contributed by atoms with E-state index in [0.29, 0.717) is 5.69 Å². The topological polar surface area (TPSA) is 51.0 Å². The number of hydrogen-bond acceptors (Lipinski definition) is 4. The highest BCUT2D eigenvalue weighted by Crippen LogP contribution is 2.33. The van der Waals surface area contributed by atoms with Crippen molar-refractivity contribution in [2.45, 2.75) is 52.1 Å². The SMILES string of the molecule is Cc1csc(C2CCCCN2C(=O)c2ccn(C(C)C)n2)n1. The van der Waals surface area contributed by atoms with Gasteiger partial charge in [-0.2, -0.15) is 5.10 Å². The Kier molecular flexibility index (Phi) is 4.29. The molecule has 2 aromatic heterocycles. The van der Waals surface area contributed by atoms with Crippen LogP contribution in [0.4, 0.5) is 0 Å². The van der Waals surface area contributed by atoms with Crippen LogP contribution in [-0.4, -0.2) is 32.1 Å². The first-order valence-electron chi connectivity index (χ1n) is 7.84. The van der Waals surface area contributed by atoms with E-state index >= 15 is 0 Å². The van der Waals surface area contributed by atoms with Gasteiger partial charge in [0.05, 0.1) is 6.04 Å². The zero-order valence-electron chi connectivity index (χ0n) is 13.3. The van der Waals surface area contributed by atoms with Crippen molar-refractivity contribution in [1.82, 2.24) is 19.7 Å². The zero-order valence-corrected chi connectivity index (χ0v) is 14.1. The molecular weight excluding hydrogens is 296 g/mol. The summed E-state index contributed by atoms with van der Waals surface area (Å²) in [5, 5.41) is 7.53. The molecule has 5 nitrogen and oxygen atoms in total. The Morgan fingerprint density at radius 1 is 1.41 bits per heavy atom. The van der Waals surface area contributed by atoms with E-state index in [4.69, 9.17) is 0 Å². The fourth-order valence-corrected chi connectivity index (χ4v) is 3.79. The van der Waals surface area contributed by atoms with Crippen molar-refractivity contribution < 1.29 is 4.79 Å². The van der Waals surface area contributed by atoms with Crippen LogP contribution in [-0.2, 0) is 0 Å². The van der Waals surface area contributed by atoms with Crippen molar-refractivity contribution in [1.29, 1.82) is 0 Å². The number of likely N-dealkylation sites (tertiary alicyclic amines) is 1. The summed E-state index contributed by atoms with van der Waals surface area (Å²) in [6.45, 7) is 6.91. The van der Waals surface area contributed by atoms with Crippen molar-refractivity contribution in [2.75, 3.05) is 6.54 Å². The monoisotopic (exact) mass is 318 g/mol. The van der Waals surface area contributed by atoms with Crippen molar-refractivity contribution in [2.24, 2.45) is 0 Å². The van der Waals surface area contributed by atoms with E-state index in [2.05, 4.69) is 29.3 Å². The van der Waals surface area contributed by atoms with Crippen LogP contribution in [0.2, 0.25) is 0 Å². The highest BCUT2D eigenvalue weighted by atomic mass is 32.1. The van der Waals surface area contributed by atoms with Crippen molar-refractivity contribution in [3.8, 4) is 0 Å². The van der Waals surface area contributed by atoms with Gasteiger partial charge in [-0.05, 0) is 46.1 Å². The smallest absolute Gasteiger partial charge is 0.274 e. The Morgan fingerprint density at radius 3 is 2.86 bits per heavy atom. The lowest BCUT2D eigenvalue weighted by atomic mass is 10.0. The first kappa shape index (κ1) is 15.2. The number of carbonyl (C=O) groups excluding carboxylic acids is 1. The molecule has 0 aliphatic carbocycles. The van der Waals surface area contributed by atoms with Gasteiger partial charge in [0.1, 0.15) is 10.7 Å². The molecule has 1 saturated heterocycles. The minimum absolute atomic E-state index is 0.0250. The normalized spacial score (nSPS) is 18.9. The van der Waals surface area contributed by atoms with Crippen LogP contribution in [0.3, 0.4) is 0 Å². The van der Waals surface area contributed by atoms with Gasteiger partial charge in [0.2, 0.25) is 0 Å². The lowest BCUT2D eigenvalue weighted by Gasteiger charge is -2.34. The van der Waals surface area contributed by atoms with E-state index in [9.17, 15) is 4.79 Å². The van der Waals surface area contributed by atoms with Crippen LogP contribution in [0.1, 0.15) is 66.4 Å². The Labute approximate surface area is 135 Å². The van der Waals surface area contributed by atoms with Crippen LogP contribution in [0.5, 0.6) is 0 Å². The second-order valence-electron chi connectivity index (χ2n) is 6.11. The maximum absolute atomic E-state index is 12.9. The molecule has 2 aromatic rings. The number of aryl methyl sites for hydroxylation is 1. The molecule has 1 unspecified atom stereocenters. The molecule has 22 heavy (non-hydrogen) atoms. The Balaban J connectivity index is 1.84. The Morgan fingerprint density at radius 2 is 2.23 bits per heavy atom. The first-order valence-corrected chi connectivity index (χ1v) is 8.72. The Hall–Kier alpha value is -1.69. The maximum atomic E-state index is 12.9. The third kappa shape index (κ3) is 2.92. The average molecular weight is 318 g/mol. The molecule has 0 N–H and O–H groups in total. The standard InChI is InChI=1S/C16H22N4OS/c1-11(2)20-9-7-13(18-20)16(21)19-8-5-4-6-14(19)15-17-12(3)10-22-15/h7,9-11,14H,4-6,8H2,1-3H3. The number of nitrogens with zero attached hydrogens (tertiary/aromatic N) is 4. The van der Waals surface area contributed by atoms with Gasteiger partial charge in [0.25, 0.3) is 5.91 Å². The summed E-state index contributed by atoms with van der Waals surface area (Å²) in [7, 11) is 0. The number of aromatic nitrogens is 3. The summed E-state index contributed by atoms with van der Waals surface area (Å²) in [5.41, 5.74) is 1.57. The summed E-state index contributed by atoms with van der Waals surface area (Å²) in [4.78, 5) is 19.4. The number of piperidine rings is 1. The molecule has 1 amide bonds. The second kappa shape index (κ2) is 6.20. The fourth-order valence-electron chi connectivity index (χ4n) is 2.84. The molecular formula is C16H22N4OS. The largest absolute Gasteiger partial charge is 0.328 e. The van der Waals surface area contributed by atoms with Crippen molar-refractivity contribution in [3.63, 3.8) is 0 Å². The minimum atomic E-state index is 0.0250. The predicted octanol–water partition coefficient (Wildman–Crippen LogP) is 3.60. The molecule has 0 spiro atoms. The molecule has 0 bridgehead atoms. The molecule has 3 heterocycles. The lowest BCUT2D eigenvalue weighted by Crippen LogP contribution is -2.38. The summed E-state index contributed by atoms with van der Waals surface area (Å²) >= 11 is 1.65. The molecule has 118 valence electrons. The molecule has 0 radical (unpaired) electrons. The van der Waals surface area contributed by atoms with Crippen molar-refractivity contribution >= 4 is 17.2 Å². The van der Waals surface area contributed by atoms with E-state index in [1.54, 1.807) is 11.3 Å². The minimum Gasteiger partial charge on any atom is -0.328 e. The first-order chi connectivity index (χ1) is 10.6. The van der Waals surface area contributed by atoms with Gasteiger partial charge in [0.15, 0.2) is 0 Å². The van der Waals surface area contributed by atoms with Crippen LogP contribution < -0.4 is 0 Å². The molecule has 1 fully saturated rings. The molecule has 1 aliphatic heterocycles. The van der Waals surface area contributed by atoms with E-state index in [-0.39, 0.29) is 18.0 Å². The van der Waals surface area contributed by atoms with E-state index in [1.165, 1.54) is 0 Å². The molecule has 0 aromatic carbocycles. The van der Waals surface area contributed by atoms with Crippen LogP contribution in [0.15, 0.2) is 17.6 Å². The molecule has 3 rings (SSSR count). The summed E-state index contributed by atoms with van der Waals surface area (Å²) in [6, 6.07) is 2.19. The van der Waals surface area contributed by atoms with Gasteiger partial charge in [-0.15, -0.1) is 11.3 Å². The van der Waals surface area contributed by atoms with E-state index in [1.807, 2.05) is 28.8 Å². The van der Waals surface area contributed by atoms with Crippen LogP contribution >= 0.6 is 11.3 Å². The number of hydrogen-bond donors (Lipinski definition) is 0. The number of thiazole rings is 1. The number of amides is 1. The van der Waals surface area contributed by atoms with Gasteiger partial charge in [-0.25, -0.2) is 4.98 Å². The second-order valence-corrected chi connectivity index (χ2v) is 7.00. The zero-order chi connectivity index (χ0) is 15.7. The molecule has 1 aliphatic rings. The highest BCUT2D eigenvalue weighted by molar-refractivity contribution is 7.09. The molecule has 1 atom stereocenters. The lowest BCUT2D eigenvalue weighted by molar-refractivity contribution is 0.0604. The summed E-state index contributed by atoms with van der Waals surface area (Å²) in [6.07, 6.45) is 5.07. The third-order valence-corrected chi connectivity index (χ3v) is 5.11. The maximum Gasteiger partial charge on any atom is 0.274 e.